The van der Waals surface area contributed by atoms with Gasteiger partial charge in [0.25, 0.3) is 0 Å². The van der Waals surface area contributed by atoms with Gasteiger partial charge in [-0.15, -0.1) is 0 Å². The smallest absolute Gasteiger partial charge is 0.219 e. The van der Waals surface area contributed by atoms with Crippen molar-refractivity contribution in [3.8, 4) is 17.6 Å². The first-order valence-corrected chi connectivity index (χ1v) is 9.80. The number of carbonyl (C=O) groups excluding carboxylic acids is 1. The van der Waals surface area contributed by atoms with Crippen molar-refractivity contribution in [2.45, 2.75) is 31.6 Å². The number of likely N-dealkylation sites (tertiary alicyclic amines) is 1. The number of nitrogens with zero attached hydrogens (tertiary/aromatic N) is 2. The van der Waals surface area contributed by atoms with Crippen LogP contribution >= 0.6 is 0 Å². The normalized spacial score (nSPS) is 23.6. The summed E-state index contributed by atoms with van der Waals surface area (Å²) in [5.74, 6) is 1.62. The molecule has 2 aromatic carbocycles. The van der Waals surface area contributed by atoms with Gasteiger partial charge in [0.15, 0.2) is 0 Å². The predicted molar refractivity (Wildman–Crippen MR) is 107 cm³/mol. The molecule has 150 valence electrons. The number of hydrogen-bond acceptors (Lipinski definition) is 6. The molecule has 2 fully saturated rings. The molecule has 0 bridgehead atoms. The minimum atomic E-state index is -0.0992. The number of nitrogens with one attached hydrogen (secondary N) is 2. The quantitative estimate of drug-likeness (QED) is 0.811. The van der Waals surface area contributed by atoms with Crippen molar-refractivity contribution in [1.82, 2.24) is 15.8 Å². The third-order valence-corrected chi connectivity index (χ3v) is 5.31. The van der Waals surface area contributed by atoms with Crippen LogP contribution in [0.4, 0.5) is 0 Å². The highest BCUT2D eigenvalue weighted by atomic mass is 16.5. The van der Waals surface area contributed by atoms with E-state index in [9.17, 15) is 4.79 Å². The van der Waals surface area contributed by atoms with E-state index in [0.717, 1.165) is 30.0 Å². The number of hydrazine groups is 1. The molecular formula is C22H24N4O3. The second-order valence-electron chi connectivity index (χ2n) is 7.36. The Labute approximate surface area is 170 Å². The number of nitriles is 1. The topological polar surface area (TPSA) is 86.6 Å². The van der Waals surface area contributed by atoms with E-state index in [1.807, 2.05) is 41.3 Å². The van der Waals surface area contributed by atoms with Gasteiger partial charge < -0.3 is 14.4 Å². The number of benzene rings is 2. The van der Waals surface area contributed by atoms with Crippen LogP contribution in [0.2, 0.25) is 0 Å². The van der Waals surface area contributed by atoms with Crippen molar-refractivity contribution in [3.63, 3.8) is 0 Å². The van der Waals surface area contributed by atoms with E-state index in [4.69, 9.17) is 14.7 Å². The molecule has 1 amide bonds. The molecule has 4 rings (SSSR count). The first-order chi connectivity index (χ1) is 14.1. The molecule has 7 heteroatoms. The van der Waals surface area contributed by atoms with Gasteiger partial charge in [0, 0.05) is 26.4 Å². The minimum Gasteiger partial charge on any atom is -0.489 e. The lowest BCUT2D eigenvalue weighted by molar-refractivity contribution is -0.128. The molecule has 0 aliphatic carbocycles. The Balaban J connectivity index is 1.42. The van der Waals surface area contributed by atoms with Crippen molar-refractivity contribution in [3.05, 3.63) is 59.7 Å². The van der Waals surface area contributed by atoms with Gasteiger partial charge in [0.2, 0.25) is 5.91 Å². The molecular weight excluding hydrogens is 368 g/mol. The van der Waals surface area contributed by atoms with Crippen LogP contribution in [-0.4, -0.2) is 42.6 Å². The van der Waals surface area contributed by atoms with Crippen molar-refractivity contribution < 1.29 is 14.3 Å². The Kier molecular flexibility index (Phi) is 5.65. The Morgan fingerprint density at radius 2 is 2.00 bits per heavy atom. The minimum absolute atomic E-state index is 0.0227. The molecule has 29 heavy (non-hydrogen) atoms. The molecule has 0 spiro atoms. The molecule has 2 saturated heterocycles. The molecule has 2 heterocycles. The van der Waals surface area contributed by atoms with Crippen LogP contribution in [0.15, 0.2) is 48.5 Å². The SMILES string of the molecule is CC(=O)N1CCC(Oc2cccc(C3NNCC3Oc3ccc(C#N)cc3)c2)C1. The fourth-order valence-electron chi connectivity index (χ4n) is 3.75. The van der Waals surface area contributed by atoms with Gasteiger partial charge in [-0.25, -0.2) is 5.43 Å². The average molecular weight is 392 g/mol. The average Bonchev–Trinajstić information content (AvgIpc) is 3.38. The highest BCUT2D eigenvalue weighted by Crippen LogP contribution is 2.28. The zero-order chi connectivity index (χ0) is 20.2. The van der Waals surface area contributed by atoms with Crippen LogP contribution in [0.5, 0.6) is 11.5 Å². The van der Waals surface area contributed by atoms with Crippen molar-refractivity contribution in [2.75, 3.05) is 19.6 Å². The highest BCUT2D eigenvalue weighted by Gasteiger charge is 2.31. The standard InChI is InChI=1S/C22H24N4O3/c1-15(27)26-10-9-20(14-26)28-19-4-2-3-17(11-19)22-21(13-24-25-22)29-18-7-5-16(12-23)6-8-18/h2-8,11,20-22,24-25H,9-10,13-14H2,1H3. The molecule has 0 saturated carbocycles. The van der Waals surface area contributed by atoms with E-state index in [-0.39, 0.29) is 24.2 Å². The zero-order valence-corrected chi connectivity index (χ0v) is 16.3. The Morgan fingerprint density at radius 1 is 1.17 bits per heavy atom. The molecule has 2 aliphatic heterocycles. The highest BCUT2D eigenvalue weighted by molar-refractivity contribution is 5.73. The zero-order valence-electron chi connectivity index (χ0n) is 16.3. The number of rotatable bonds is 5. The summed E-state index contributed by atoms with van der Waals surface area (Å²) in [4.78, 5) is 13.3. The summed E-state index contributed by atoms with van der Waals surface area (Å²) < 4.78 is 12.3. The van der Waals surface area contributed by atoms with Crippen LogP contribution in [0.3, 0.4) is 0 Å². The molecule has 3 unspecified atom stereocenters. The van der Waals surface area contributed by atoms with Gasteiger partial charge in [-0.1, -0.05) is 12.1 Å². The van der Waals surface area contributed by atoms with Crippen molar-refractivity contribution in [1.29, 1.82) is 5.26 Å². The molecule has 7 nitrogen and oxygen atoms in total. The Morgan fingerprint density at radius 3 is 2.72 bits per heavy atom. The lowest BCUT2D eigenvalue weighted by Crippen LogP contribution is -2.29. The van der Waals surface area contributed by atoms with E-state index < -0.39 is 0 Å². The molecule has 0 aromatic heterocycles. The summed E-state index contributed by atoms with van der Waals surface area (Å²) in [6.07, 6.45) is 0.768. The van der Waals surface area contributed by atoms with Gasteiger partial charge in [0.1, 0.15) is 23.7 Å². The summed E-state index contributed by atoms with van der Waals surface area (Å²) in [6.45, 7) is 3.63. The van der Waals surface area contributed by atoms with Crippen LogP contribution in [-0.2, 0) is 4.79 Å². The van der Waals surface area contributed by atoms with E-state index in [2.05, 4.69) is 16.9 Å². The maximum atomic E-state index is 11.5. The number of hydrogen-bond donors (Lipinski definition) is 2. The molecule has 2 N–H and O–H groups in total. The summed E-state index contributed by atoms with van der Waals surface area (Å²) in [5.41, 5.74) is 8.11. The van der Waals surface area contributed by atoms with Crippen LogP contribution in [0.1, 0.15) is 30.5 Å². The third-order valence-electron chi connectivity index (χ3n) is 5.31. The van der Waals surface area contributed by atoms with E-state index in [0.29, 0.717) is 18.7 Å². The number of carbonyl (C=O) groups is 1. The second-order valence-corrected chi connectivity index (χ2v) is 7.36. The van der Waals surface area contributed by atoms with Gasteiger partial charge in [0.05, 0.1) is 24.2 Å². The lowest BCUT2D eigenvalue weighted by atomic mass is 10.0. The summed E-state index contributed by atoms with van der Waals surface area (Å²) in [6, 6.07) is 17.2. The first kappa shape index (κ1) is 19.2. The van der Waals surface area contributed by atoms with E-state index >= 15 is 0 Å². The van der Waals surface area contributed by atoms with Gasteiger partial charge in [-0.2, -0.15) is 5.26 Å². The van der Waals surface area contributed by atoms with Crippen LogP contribution in [0.25, 0.3) is 0 Å². The van der Waals surface area contributed by atoms with Crippen molar-refractivity contribution in [2.24, 2.45) is 0 Å². The van der Waals surface area contributed by atoms with Crippen LogP contribution < -0.4 is 20.3 Å². The summed E-state index contributed by atoms with van der Waals surface area (Å²) >= 11 is 0. The van der Waals surface area contributed by atoms with E-state index in [1.54, 1.807) is 19.1 Å². The monoisotopic (exact) mass is 392 g/mol. The predicted octanol–water partition coefficient (Wildman–Crippen LogP) is 2.15. The molecule has 2 aromatic rings. The fourth-order valence-corrected chi connectivity index (χ4v) is 3.75. The van der Waals surface area contributed by atoms with Crippen LogP contribution in [0, 0.1) is 11.3 Å². The van der Waals surface area contributed by atoms with Gasteiger partial charge >= 0.3 is 0 Å². The van der Waals surface area contributed by atoms with Crippen molar-refractivity contribution >= 4 is 5.91 Å². The third kappa shape index (κ3) is 4.50. The second kappa shape index (κ2) is 8.52. The first-order valence-electron chi connectivity index (χ1n) is 9.80. The van der Waals surface area contributed by atoms with Gasteiger partial charge in [-0.05, 0) is 42.0 Å². The Bertz CT molecular complexity index is 909. The summed E-state index contributed by atoms with van der Waals surface area (Å²) in [5, 5.41) is 8.93. The molecule has 0 radical (unpaired) electrons. The maximum absolute atomic E-state index is 11.5. The molecule has 2 aliphatic rings. The van der Waals surface area contributed by atoms with Gasteiger partial charge in [-0.3, -0.25) is 10.2 Å². The maximum Gasteiger partial charge on any atom is 0.219 e. The fraction of sp³-hybridized carbons (Fsp3) is 0.364. The Hall–Kier alpha value is -3.08. The summed E-state index contributed by atoms with van der Waals surface area (Å²) in [7, 11) is 0. The molecule has 3 atom stereocenters. The number of ether oxygens (including phenoxy) is 2. The largest absolute Gasteiger partial charge is 0.489 e. The lowest BCUT2D eigenvalue weighted by Gasteiger charge is -2.21. The number of amides is 1. The van der Waals surface area contributed by atoms with E-state index in [1.165, 1.54) is 0 Å².